The van der Waals surface area contributed by atoms with Gasteiger partial charge in [-0.3, -0.25) is 0 Å². The van der Waals surface area contributed by atoms with Crippen molar-refractivity contribution in [2.75, 3.05) is 32.5 Å². The van der Waals surface area contributed by atoms with Crippen LogP contribution in [-0.4, -0.2) is 45.2 Å². The van der Waals surface area contributed by atoms with Gasteiger partial charge in [-0.1, -0.05) is 24.3 Å². The minimum Gasteiger partial charge on any atom is -0.496 e. The van der Waals surface area contributed by atoms with Gasteiger partial charge in [-0.25, -0.2) is 8.42 Å². The van der Waals surface area contributed by atoms with Gasteiger partial charge in [0.25, 0.3) is 0 Å². The molecule has 7 heteroatoms. The molecule has 1 atom stereocenters. The molecule has 0 radical (unpaired) electrons. The molecule has 1 fully saturated rings. The summed E-state index contributed by atoms with van der Waals surface area (Å²) in [5, 5.41) is 3.26. The third-order valence-electron chi connectivity index (χ3n) is 3.63. The smallest absolute Gasteiger partial charge is 0.215 e. The molecule has 22 heavy (non-hydrogen) atoms. The van der Waals surface area contributed by atoms with Crippen molar-refractivity contribution in [2.45, 2.75) is 12.5 Å². The first-order valence-electron chi connectivity index (χ1n) is 7.04. The quantitative estimate of drug-likeness (QED) is 0.800. The summed E-state index contributed by atoms with van der Waals surface area (Å²) in [6, 6.07) is 7.34. The van der Waals surface area contributed by atoms with E-state index in [1.807, 2.05) is 24.3 Å². The standard InChI is InChI=1S/C15H22N2O3S.ClH/c1-3-4-11-21(18,19)17-10-9-16-12-14(17)13-7-5-6-8-15(13)20-2;/h3,5-8,14,16H,1,4,9-12H2,2H3;1H. The van der Waals surface area contributed by atoms with E-state index < -0.39 is 10.0 Å². The van der Waals surface area contributed by atoms with Gasteiger partial charge >= 0.3 is 0 Å². The van der Waals surface area contributed by atoms with Crippen molar-refractivity contribution in [3.8, 4) is 5.75 Å². The Balaban J connectivity index is 0.00000242. The SMILES string of the molecule is C=CCCS(=O)(=O)N1CCNCC1c1ccccc1OC.Cl. The highest BCUT2D eigenvalue weighted by Gasteiger charge is 2.34. The first kappa shape index (κ1) is 19.0. The molecular weight excluding hydrogens is 324 g/mol. The molecule has 1 aromatic rings. The van der Waals surface area contributed by atoms with Gasteiger partial charge in [0.2, 0.25) is 10.0 Å². The van der Waals surface area contributed by atoms with E-state index in [1.54, 1.807) is 17.5 Å². The first-order valence-corrected chi connectivity index (χ1v) is 8.65. The fourth-order valence-corrected chi connectivity index (χ4v) is 4.22. The Morgan fingerprint density at radius 1 is 1.45 bits per heavy atom. The highest BCUT2D eigenvalue weighted by atomic mass is 35.5. The number of hydrogen-bond acceptors (Lipinski definition) is 4. The number of benzene rings is 1. The van der Waals surface area contributed by atoms with Crippen molar-refractivity contribution in [2.24, 2.45) is 0 Å². The molecule has 5 nitrogen and oxygen atoms in total. The predicted octanol–water partition coefficient (Wildman–Crippen LogP) is 1.97. The Hall–Kier alpha value is -1.08. The maximum Gasteiger partial charge on any atom is 0.215 e. The molecule has 0 saturated carbocycles. The summed E-state index contributed by atoms with van der Waals surface area (Å²) in [7, 11) is -1.70. The number of ether oxygens (including phenoxy) is 1. The van der Waals surface area contributed by atoms with E-state index in [-0.39, 0.29) is 24.2 Å². The summed E-state index contributed by atoms with van der Waals surface area (Å²) in [4.78, 5) is 0. The monoisotopic (exact) mass is 346 g/mol. The molecule has 1 heterocycles. The third-order valence-corrected chi connectivity index (χ3v) is 5.53. The lowest BCUT2D eigenvalue weighted by atomic mass is 10.0. The molecule has 124 valence electrons. The van der Waals surface area contributed by atoms with E-state index >= 15 is 0 Å². The second kappa shape index (κ2) is 8.53. The third kappa shape index (κ3) is 4.23. The maximum atomic E-state index is 12.5. The van der Waals surface area contributed by atoms with Gasteiger partial charge in [0.15, 0.2) is 0 Å². The number of piperazine rings is 1. The van der Waals surface area contributed by atoms with E-state index in [4.69, 9.17) is 4.74 Å². The maximum absolute atomic E-state index is 12.5. The average Bonchev–Trinajstić information content (AvgIpc) is 2.53. The highest BCUT2D eigenvalue weighted by Crippen LogP contribution is 2.32. The molecule has 0 amide bonds. The minimum absolute atomic E-state index is 0. The van der Waals surface area contributed by atoms with Crippen LogP contribution in [0.25, 0.3) is 0 Å². The van der Waals surface area contributed by atoms with Crippen molar-refractivity contribution in [3.05, 3.63) is 42.5 Å². The van der Waals surface area contributed by atoms with E-state index in [2.05, 4.69) is 11.9 Å². The van der Waals surface area contributed by atoms with Gasteiger partial charge in [-0.15, -0.1) is 19.0 Å². The zero-order valence-corrected chi connectivity index (χ0v) is 14.3. The summed E-state index contributed by atoms with van der Waals surface area (Å²) in [5.41, 5.74) is 0.898. The Bertz CT molecular complexity index is 592. The fourth-order valence-electron chi connectivity index (χ4n) is 2.57. The number of allylic oxidation sites excluding steroid dienone is 1. The zero-order chi connectivity index (χ0) is 15.3. The van der Waals surface area contributed by atoms with E-state index in [9.17, 15) is 8.42 Å². The number of halogens is 1. The summed E-state index contributed by atoms with van der Waals surface area (Å²) >= 11 is 0. The van der Waals surface area contributed by atoms with Gasteiger partial charge in [-0.05, 0) is 12.5 Å². The number of hydrogen-bond donors (Lipinski definition) is 1. The molecule has 0 aliphatic carbocycles. The summed E-state index contributed by atoms with van der Waals surface area (Å²) in [5.74, 6) is 0.817. The molecule has 0 spiro atoms. The van der Waals surface area contributed by atoms with Crippen LogP contribution in [0.1, 0.15) is 18.0 Å². The van der Waals surface area contributed by atoms with Crippen LogP contribution in [0.3, 0.4) is 0 Å². The van der Waals surface area contributed by atoms with Crippen molar-refractivity contribution in [3.63, 3.8) is 0 Å². The zero-order valence-electron chi connectivity index (χ0n) is 12.7. The van der Waals surface area contributed by atoms with Crippen LogP contribution in [-0.2, 0) is 10.0 Å². The van der Waals surface area contributed by atoms with Gasteiger partial charge in [-0.2, -0.15) is 4.31 Å². The molecule has 0 aromatic heterocycles. The summed E-state index contributed by atoms with van der Waals surface area (Å²) < 4.78 is 32.0. The number of methoxy groups -OCH3 is 1. The van der Waals surface area contributed by atoms with E-state index in [1.165, 1.54) is 0 Å². The normalized spacial score (nSPS) is 19.2. The van der Waals surface area contributed by atoms with Crippen LogP contribution in [0, 0.1) is 0 Å². The Morgan fingerprint density at radius 2 is 2.18 bits per heavy atom. The molecule has 1 unspecified atom stereocenters. The molecule has 1 N–H and O–H groups in total. The second-order valence-corrected chi connectivity index (χ2v) is 7.01. The van der Waals surface area contributed by atoms with Crippen molar-refractivity contribution >= 4 is 22.4 Å². The number of sulfonamides is 1. The number of rotatable bonds is 6. The van der Waals surface area contributed by atoms with Crippen molar-refractivity contribution in [1.82, 2.24) is 9.62 Å². The fraction of sp³-hybridized carbons (Fsp3) is 0.467. The van der Waals surface area contributed by atoms with Crippen LogP contribution in [0.4, 0.5) is 0 Å². The molecular formula is C15H23ClN2O3S. The predicted molar refractivity (Wildman–Crippen MR) is 91.2 cm³/mol. The van der Waals surface area contributed by atoms with Crippen LogP contribution < -0.4 is 10.1 Å². The number of nitrogens with zero attached hydrogens (tertiary/aromatic N) is 1. The van der Waals surface area contributed by atoms with Gasteiger partial charge in [0.05, 0.1) is 18.9 Å². The lowest BCUT2D eigenvalue weighted by molar-refractivity contribution is 0.265. The largest absolute Gasteiger partial charge is 0.496 e. The second-order valence-electron chi connectivity index (χ2n) is 4.97. The average molecular weight is 347 g/mol. The Morgan fingerprint density at radius 3 is 2.86 bits per heavy atom. The molecule has 1 aliphatic rings. The minimum atomic E-state index is -3.30. The lowest BCUT2D eigenvalue weighted by Gasteiger charge is -2.36. The molecule has 1 saturated heterocycles. The van der Waals surface area contributed by atoms with Crippen molar-refractivity contribution in [1.29, 1.82) is 0 Å². The Labute approximate surface area is 138 Å². The summed E-state index contributed by atoms with van der Waals surface area (Å²) in [6.45, 7) is 5.33. The van der Waals surface area contributed by atoms with Crippen molar-refractivity contribution < 1.29 is 13.2 Å². The van der Waals surface area contributed by atoms with Crippen LogP contribution in [0.15, 0.2) is 36.9 Å². The summed E-state index contributed by atoms with van der Waals surface area (Å²) in [6.07, 6.45) is 2.10. The molecule has 2 rings (SSSR count). The van der Waals surface area contributed by atoms with Gasteiger partial charge in [0, 0.05) is 25.2 Å². The van der Waals surface area contributed by atoms with Crippen LogP contribution in [0.2, 0.25) is 0 Å². The lowest BCUT2D eigenvalue weighted by Crippen LogP contribution is -2.49. The van der Waals surface area contributed by atoms with Gasteiger partial charge < -0.3 is 10.1 Å². The number of para-hydroxylation sites is 1. The molecule has 0 bridgehead atoms. The van der Waals surface area contributed by atoms with Crippen LogP contribution in [0.5, 0.6) is 5.75 Å². The molecule has 1 aliphatic heterocycles. The number of nitrogens with one attached hydrogen (secondary N) is 1. The van der Waals surface area contributed by atoms with Gasteiger partial charge in [0.1, 0.15) is 5.75 Å². The topological polar surface area (TPSA) is 58.6 Å². The van der Waals surface area contributed by atoms with E-state index in [0.29, 0.717) is 26.1 Å². The first-order chi connectivity index (χ1) is 10.1. The molecule has 1 aromatic carbocycles. The Kier molecular flexibility index (Phi) is 7.35. The van der Waals surface area contributed by atoms with Crippen LogP contribution >= 0.6 is 12.4 Å². The highest BCUT2D eigenvalue weighted by molar-refractivity contribution is 7.89. The van der Waals surface area contributed by atoms with E-state index in [0.717, 1.165) is 11.3 Å².